The Morgan fingerprint density at radius 1 is 1.04 bits per heavy atom. The van der Waals surface area contributed by atoms with Crippen molar-refractivity contribution >= 4 is 22.2 Å². The van der Waals surface area contributed by atoms with Crippen LogP contribution in [0.1, 0.15) is 32.8 Å². The van der Waals surface area contributed by atoms with E-state index in [0.717, 1.165) is 0 Å². The number of benzene rings is 1. The molecule has 0 heterocycles. The Morgan fingerprint density at radius 3 is 1.96 bits per heavy atom. The van der Waals surface area contributed by atoms with Gasteiger partial charge in [-0.25, -0.2) is 9.59 Å². The van der Waals surface area contributed by atoms with Gasteiger partial charge < -0.3 is 19.7 Å². The number of carbonyl (C=O) groups is 2. The van der Waals surface area contributed by atoms with Gasteiger partial charge in [0.2, 0.25) is 11.2 Å². The van der Waals surface area contributed by atoms with Crippen LogP contribution in [0.4, 0.5) is 0 Å². The summed E-state index contributed by atoms with van der Waals surface area (Å²) >= 11 is 0. The molecule has 0 radical (unpaired) electrons. The van der Waals surface area contributed by atoms with Crippen molar-refractivity contribution in [3.8, 4) is 0 Å². The molecule has 3 unspecified atom stereocenters. The van der Waals surface area contributed by atoms with E-state index < -0.39 is 28.7 Å². The standard InChI is InChI=1S/C17H26O6Si/c1-4-13(24)17(15(20)21,23-6-3)16(14(18)19,22-5-2)12-10-8-7-9-11-12/h7-11,13H,4-6H2,1-3,24H3,(H,18,19)(H,20,21). The highest BCUT2D eigenvalue weighted by atomic mass is 28.1. The number of aliphatic carboxylic acids is 2. The molecule has 0 spiro atoms. The average molecular weight is 354 g/mol. The van der Waals surface area contributed by atoms with Crippen LogP contribution < -0.4 is 0 Å². The van der Waals surface area contributed by atoms with E-state index in [-0.39, 0.29) is 18.8 Å². The SMILES string of the molecule is CCOC(C(=O)O)(c1ccccc1)C(OCC)(C(=O)O)C([SiH3])CC. The molecule has 1 rings (SSSR count). The van der Waals surface area contributed by atoms with Crippen molar-refractivity contribution < 1.29 is 29.3 Å². The van der Waals surface area contributed by atoms with Gasteiger partial charge in [-0.1, -0.05) is 43.7 Å². The molecule has 0 saturated carbocycles. The molecule has 134 valence electrons. The Morgan fingerprint density at radius 2 is 1.58 bits per heavy atom. The summed E-state index contributed by atoms with van der Waals surface area (Å²) in [6.45, 7) is 5.25. The monoisotopic (exact) mass is 354 g/mol. The second-order valence-electron chi connectivity index (χ2n) is 5.57. The molecular weight excluding hydrogens is 328 g/mol. The number of hydrogen-bond donors (Lipinski definition) is 2. The zero-order valence-corrected chi connectivity index (χ0v) is 16.6. The van der Waals surface area contributed by atoms with Gasteiger partial charge in [0.1, 0.15) is 0 Å². The van der Waals surface area contributed by atoms with Crippen LogP contribution in [0.2, 0.25) is 5.54 Å². The van der Waals surface area contributed by atoms with Crippen LogP contribution in [0.25, 0.3) is 0 Å². The number of carboxylic acid groups (broad SMARTS) is 2. The summed E-state index contributed by atoms with van der Waals surface area (Å²) in [5, 5.41) is 20.2. The summed E-state index contributed by atoms with van der Waals surface area (Å²) in [6, 6.07) is 8.22. The number of carboxylic acids is 2. The second kappa shape index (κ2) is 8.41. The lowest BCUT2D eigenvalue weighted by molar-refractivity contribution is -0.235. The van der Waals surface area contributed by atoms with E-state index in [0.29, 0.717) is 16.7 Å². The van der Waals surface area contributed by atoms with Crippen LogP contribution >= 0.6 is 0 Å². The first-order chi connectivity index (χ1) is 11.3. The molecule has 0 saturated heterocycles. The second-order valence-corrected chi connectivity index (χ2v) is 6.96. The van der Waals surface area contributed by atoms with Crippen LogP contribution in [0.15, 0.2) is 30.3 Å². The lowest BCUT2D eigenvalue weighted by Gasteiger charge is -2.47. The highest BCUT2D eigenvalue weighted by molar-refractivity contribution is 6.16. The molecule has 0 aromatic heterocycles. The van der Waals surface area contributed by atoms with Gasteiger partial charge in [0.05, 0.1) is 0 Å². The summed E-state index contributed by atoms with van der Waals surface area (Å²) < 4.78 is 11.4. The molecule has 7 heteroatoms. The Labute approximate surface area is 145 Å². The van der Waals surface area contributed by atoms with Crippen molar-refractivity contribution in [2.45, 2.75) is 43.9 Å². The van der Waals surface area contributed by atoms with Crippen molar-refractivity contribution in [2.75, 3.05) is 13.2 Å². The molecule has 0 aliphatic rings. The molecule has 0 fully saturated rings. The zero-order chi connectivity index (χ0) is 18.4. The van der Waals surface area contributed by atoms with Gasteiger partial charge in [0.15, 0.2) is 0 Å². The van der Waals surface area contributed by atoms with Crippen LogP contribution in [0, 0.1) is 0 Å². The van der Waals surface area contributed by atoms with E-state index in [1.165, 1.54) is 0 Å². The number of ether oxygens (including phenoxy) is 2. The molecule has 6 nitrogen and oxygen atoms in total. The maximum Gasteiger partial charge on any atom is 0.344 e. The molecule has 24 heavy (non-hydrogen) atoms. The highest BCUT2D eigenvalue weighted by Gasteiger charge is 2.67. The molecule has 0 aliphatic carbocycles. The maximum atomic E-state index is 12.4. The molecular formula is C17H26O6Si. The maximum absolute atomic E-state index is 12.4. The van der Waals surface area contributed by atoms with E-state index in [2.05, 4.69) is 0 Å². The van der Waals surface area contributed by atoms with Crippen molar-refractivity contribution in [3.05, 3.63) is 35.9 Å². The third-order valence-electron chi connectivity index (χ3n) is 4.36. The fraction of sp³-hybridized carbons (Fsp3) is 0.529. The van der Waals surface area contributed by atoms with Gasteiger partial charge in [0.25, 0.3) is 0 Å². The van der Waals surface area contributed by atoms with E-state index in [1.807, 2.05) is 6.92 Å². The predicted octanol–water partition coefficient (Wildman–Crippen LogP) is 1.43. The van der Waals surface area contributed by atoms with Crippen LogP contribution in [-0.4, -0.2) is 51.2 Å². The first-order valence-corrected chi connectivity index (χ1v) is 9.30. The lowest BCUT2D eigenvalue weighted by Crippen LogP contribution is -2.66. The fourth-order valence-electron chi connectivity index (χ4n) is 3.17. The summed E-state index contributed by atoms with van der Waals surface area (Å²) in [6.07, 6.45) is 0.480. The van der Waals surface area contributed by atoms with E-state index >= 15 is 0 Å². The molecule has 3 atom stereocenters. The zero-order valence-electron chi connectivity index (χ0n) is 14.6. The summed E-state index contributed by atoms with van der Waals surface area (Å²) in [5.74, 6) is -2.67. The third kappa shape index (κ3) is 3.11. The Balaban J connectivity index is 3.87. The minimum atomic E-state index is -2.12. The molecule has 0 bridgehead atoms. The summed E-state index contributed by atoms with van der Waals surface area (Å²) in [4.78, 5) is 24.8. The molecule has 1 aromatic rings. The molecule has 2 N–H and O–H groups in total. The number of rotatable bonds is 10. The first-order valence-electron chi connectivity index (χ1n) is 8.15. The van der Waals surface area contributed by atoms with Crippen molar-refractivity contribution in [1.82, 2.24) is 0 Å². The van der Waals surface area contributed by atoms with Gasteiger partial charge in [-0.2, -0.15) is 0 Å². The lowest BCUT2D eigenvalue weighted by atomic mass is 9.73. The van der Waals surface area contributed by atoms with Crippen molar-refractivity contribution in [1.29, 1.82) is 0 Å². The molecule has 1 aromatic carbocycles. The minimum Gasteiger partial charge on any atom is -0.479 e. The Bertz CT molecular complexity index is 563. The van der Waals surface area contributed by atoms with Crippen molar-refractivity contribution in [2.24, 2.45) is 0 Å². The summed E-state index contributed by atoms with van der Waals surface area (Å²) in [5.41, 5.74) is -4.30. The summed E-state index contributed by atoms with van der Waals surface area (Å²) in [7, 11) is 0.445. The van der Waals surface area contributed by atoms with E-state index in [9.17, 15) is 19.8 Å². The normalized spacial score (nSPS) is 17.6. The number of hydrogen-bond acceptors (Lipinski definition) is 4. The van der Waals surface area contributed by atoms with E-state index in [1.54, 1.807) is 44.2 Å². The Kier molecular flexibility index (Phi) is 7.13. The molecule has 0 aliphatic heterocycles. The van der Waals surface area contributed by atoms with Crippen LogP contribution in [0.5, 0.6) is 0 Å². The Hall–Kier alpha value is -1.70. The quantitative estimate of drug-likeness (QED) is 0.618. The van der Waals surface area contributed by atoms with Gasteiger partial charge in [0, 0.05) is 23.5 Å². The molecule has 0 amide bonds. The topological polar surface area (TPSA) is 93.1 Å². The predicted molar refractivity (Wildman–Crippen MR) is 93.4 cm³/mol. The minimum absolute atomic E-state index is 0.0429. The smallest absolute Gasteiger partial charge is 0.344 e. The first kappa shape index (κ1) is 20.3. The fourth-order valence-corrected chi connectivity index (χ4v) is 3.99. The third-order valence-corrected chi connectivity index (χ3v) is 5.99. The largest absolute Gasteiger partial charge is 0.479 e. The van der Waals surface area contributed by atoms with E-state index in [4.69, 9.17) is 9.47 Å². The van der Waals surface area contributed by atoms with Crippen molar-refractivity contribution in [3.63, 3.8) is 0 Å². The van der Waals surface area contributed by atoms with Crippen LogP contribution in [0.3, 0.4) is 0 Å². The van der Waals surface area contributed by atoms with Gasteiger partial charge in [-0.05, 0) is 25.0 Å². The highest BCUT2D eigenvalue weighted by Crippen LogP contribution is 2.47. The van der Waals surface area contributed by atoms with Crippen LogP contribution in [-0.2, 0) is 24.7 Å². The van der Waals surface area contributed by atoms with Gasteiger partial charge >= 0.3 is 11.9 Å². The average Bonchev–Trinajstić information content (AvgIpc) is 2.57. The van der Waals surface area contributed by atoms with Gasteiger partial charge in [-0.15, -0.1) is 0 Å². The van der Waals surface area contributed by atoms with Gasteiger partial charge in [-0.3, -0.25) is 0 Å².